The summed E-state index contributed by atoms with van der Waals surface area (Å²) < 4.78 is 1.43. The minimum absolute atomic E-state index is 0.243. The molecule has 0 saturated carbocycles. The van der Waals surface area contributed by atoms with Gasteiger partial charge >= 0.3 is 5.97 Å². The summed E-state index contributed by atoms with van der Waals surface area (Å²) in [5, 5.41) is 8.91. The van der Waals surface area contributed by atoms with E-state index in [0.29, 0.717) is 5.15 Å². The Morgan fingerprint density at radius 3 is 2.83 bits per heavy atom. The number of carboxylic acids is 1. The molecule has 0 aliphatic rings. The number of carboxylic acid groups (broad SMARTS) is 1. The Morgan fingerprint density at radius 1 is 1.92 bits per heavy atom. The molecule has 0 spiro atoms. The van der Waals surface area contributed by atoms with Crippen molar-refractivity contribution in [3.05, 3.63) is 17.2 Å². The number of nitrogens with zero attached hydrogens (tertiary/aromatic N) is 2. The second-order valence-corrected chi connectivity index (χ2v) is 2.70. The van der Waals surface area contributed by atoms with Crippen LogP contribution in [0.2, 0.25) is 5.15 Å². The van der Waals surface area contributed by atoms with Crippen molar-refractivity contribution in [1.82, 2.24) is 9.55 Å². The van der Waals surface area contributed by atoms with Gasteiger partial charge in [0.05, 0.1) is 6.20 Å². The zero-order chi connectivity index (χ0) is 9.30. The van der Waals surface area contributed by atoms with Gasteiger partial charge in [0.2, 0.25) is 0 Å². The number of aromatic nitrogens is 2. The van der Waals surface area contributed by atoms with Gasteiger partial charge in [-0.15, -0.1) is 0 Å². The zero-order valence-corrected chi connectivity index (χ0v) is 7.12. The van der Waals surface area contributed by atoms with Crippen LogP contribution in [0.15, 0.2) is 6.20 Å². The van der Waals surface area contributed by atoms with Crippen molar-refractivity contribution in [3.8, 4) is 0 Å². The predicted octanol–water partition coefficient (Wildman–Crippen LogP) is 0.158. The first-order valence-electron chi connectivity index (χ1n) is 3.19. The summed E-state index contributed by atoms with van der Waals surface area (Å²) in [7, 11) is 1.60. The van der Waals surface area contributed by atoms with Gasteiger partial charge in [-0.05, 0) is 0 Å². The molecule has 12 heavy (non-hydrogen) atoms. The van der Waals surface area contributed by atoms with Gasteiger partial charge in [-0.2, -0.15) is 0 Å². The molecule has 1 atom stereocenters. The Bertz CT molecular complexity index is 310. The van der Waals surface area contributed by atoms with Gasteiger partial charge in [0.15, 0.2) is 6.04 Å². The van der Waals surface area contributed by atoms with E-state index in [1.165, 1.54) is 10.8 Å². The minimum atomic E-state index is -1.12. The first-order chi connectivity index (χ1) is 5.54. The molecule has 0 aliphatic carbocycles. The summed E-state index contributed by atoms with van der Waals surface area (Å²) in [6.45, 7) is 0. The van der Waals surface area contributed by atoms with Gasteiger partial charge in [-0.1, -0.05) is 11.6 Å². The monoisotopic (exact) mass is 189 g/mol. The second-order valence-electron chi connectivity index (χ2n) is 2.31. The third kappa shape index (κ3) is 1.41. The van der Waals surface area contributed by atoms with E-state index < -0.39 is 12.0 Å². The van der Waals surface area contributed by atoms with Crippen LogP contribution in [0.25, 0.3) is 0 Å². The average molecular weight is 190 g/mol. The summed E-state index contributed by atoms with van der Waals surface area (Å²) in [6.07, 6.45) is 1.36. The molecule has 1 heterocycles. The summed E-state index contributed by atoms with van der Waals surface area (Å²) in [5.41, 5.74) is 5.31. The predicted molar refractivity (Wildman–Crippen MR) is 42.8 cm³/mol. The van der Waals surface area contributed by atoms with E-state index in [0.717, 1.165) is 0 Å². The molecule has 3 N–H and O–H groups in total. The normalized spacial score (nSPS) is 12.9. The molecule has 6 heteroatoms. The van der Waals surface area contributed by atoms with Crippen molar-refractivity contribution in [1.29, 1.82) is 0 Å². The topological polar surface area (TPSA) is 81.1 Å². The van der Waals surface area contributed by atoms with Crippen LogP contribution in [0.5, 0.6) is 0 Å². The molecular weight excluding hydrogens is 182 g/mol. The summed E-state index contributed by atoms with van der Waals surface area (Å²) in [6, 6.07) is -1.12. The quantitative estimate of drug-likeness (QED) is 0.695. The number of imidazole rings is 1. The molecule has 5 nitrogen and oxygen atoms in total. The Balaban J connectivity index is 3.03. The highest BCUT2D eigenvalue weighted by Crippen LogP contribution is 2.13. The van der Waals surface area contributed by atoms with Crippen LogP contribution < -0.4 is 5.73 Å². The first kappa shape index (κ1) is 9.02. The van der Waals surface area contributed by atoms with Crippen molar-refractivity contribution in [2.45, 2.75) is 6.04 Å². The first-order valence-corrected chi connectivity index (χ1v) is 3.57. The van der Waals surface area contributed by atoms with Gasteiger partial charge < -0.3 is 15.4 Å². The molecule has 0 aliphatic heterocycles. The molecule has 0 saturated heterocycles. The van der Waals surface area contributed by atoms with Gasteiger partial charge in [-0.25, -0.2) is 4.98 Å². The van der Waals surface area contributed by atoms with Crippen LogP contribution >= 0.6 is 11.6 Å². The van der Waals surface area contributed by atoms with Gasteiger partial charge in [-0.3, -0.25) is 4.79 Å². The van der Waals surface area contributed by atoms with Gasteiger partial charge in [0.25, 0.3) is 0 Å². The Hall–Kier alpha value is -1.07. The van der Waals surface area contributed by atoms with Crippen LogP contribution in [0.4, 0.5) is 0 Å². The zero-order valence-electron chi connectivity index (χ0n) is 6.36. The number of aliphatic carboxylic acids is 1. The fourth-order valence-electron chi connectivity index (χ4n) is 0.801. The van der Waals surface area contributed by atoms with E-state index in [2.05, 4.69) is 4.98 Å². The highest BCUT2D eigenvalue weighted by molar-refractivity contribution is 6.29. The highest BCUT2D eigenvalue weighted by Gasteiger charge is 2.19. The largest absolute Gasteiger partial charge is 0.480 e. The van der Waals surface area contributed by atoms with Crippen molar-refractivity contribution in [2.75, 3.05) is 0 Å². The molecule has 1 aromatic rings. The van der Waals surface area contributed by atoms with Crippen LogP contribution in [0.1, 0.15) is 11.9 Å². The van der Waals surface area contributed by atoms with E-state index in [1.54, 1.807) is 7.05 Å². The molecule has 0 bridgehead atoms. The third-order valence-electron chi connectivity index (χ3n) is 1.51. The number of hydrogen-bond acceptors (Lipinski definition) is 3. The Morgan fingerprint density at radius 2 is 2.50 bits per heavy atom. The molecule has 66 valence electrons. The Labute approximate surface area is 73.8 Å². The Kier molecular flexibility index (Phi) is 2.35. The molecule has 0 aromatic carbocycles. The molecule has 1 unspecified atom stereocenters. The number of hydrogen-bond donors (Lipinski definition) is 2. The molecule has 0 amide bonds. The molecule has 1 aromatic heterocycles. The van der Waals surface area contributed by atoms with Crippen LogP contribution in [-0.4, -0.2) is 20.6 Å². The maximum absolute atomic E-state index is 10.4. The maximum atomic E-state index is 10.4. The highest BCUT2D eigenvalue weighted by atomic mass is 35.5. The summed E-state index contributed by atoms with van der Waals surface area (Å²) in [5.74, 6) is -0.882. The van der Waals surface area contributed by atoms with E-state index in [-0.39, 0.29) is 5.82 Å². The summed E-state index contributed by atoms with van der Waals surface area (Å²) >= 11 is 5.63. The number of halogens is 1. The lowest BCUT2D eigenvalue weighted by Crippen LogP contribution is -2.24. The van der Waals surface area contributed by atoms with Crippen LogP contribution in [0.3, 0.4) is 0 Å². The van der Waals surface area contributed by atoms with E-state index in [9.17, 15) is 4.79 Å². The maximum Gasteiger partial charge on any atom is 0.328 e. The van der Waals surface area contributed by atoms with Crippen molar-refractivity contribution in [3.63, 3.8) is 0 Å². The van der Waals surface area contributed by atoms with E-state index in [4.69, 9.17) is 22.4 Å². The lowest BCUT2D eigenvalue weighted by Gasteiger charge is -2.05. The third-order valence-corrected chi connectivity index (χ3v) is 1.86. The van der Waals surface area contributed by atoms with Crippen molar-refractivity contribution >= 4 is 17.6 Å². The molecule has 0 radical (unpaired) electrons. The molecule has 0 fully saturated rings. The lowest BCUT2D eigenvalue weighted by molar-refractivity contribution is -0.138. The second kappa shape index (κ2) is 3.12. The molecule has 1 rings (SSSR count). The van der Waals surface area contributed by atoms with E-state index in [1.807, 2.05) is 0 Å². The number of rotatable bonds is 2. The van der Waals surface area contributed by atoms with Crippen molar-refractivity contribution in [2.24, 2.45) is 12.8 Å². The van der Waals surface area contributed by atoms with Crippen molar-refractivity contribution < 1.29 is 9.90 Å². The molecular formula is C6H8ClN3O2. The van der Waals surface area contributed by atoms with Gasteiger partial charge in [0.1, 0.15) is 11.0 Å². The fourth-order valence-corrected chi connectivity index (χ4v) is 0.937. The standard InChI is InChI=1S/C6H8ClN3O2/c1-10-3(7)2-9-5(10)4(8)6(11)12/h2,4H,8H2,1H3,(H,11,12). The number of nitrogens with two attached hydrogens (primary N) is 1. The van der Waals surface area contributed by atoms with E-state index >= 15 is 0 Å². The summed E-state index contributed by atoms with van der Waals surface area (Å²) in [4.78, 5) is 14.2. The van der Waals surface area contributed by atoms with Crippen LogP contribution in [-0.2, 0) is 11.8 Å². The SMILES string of the molecule is Cn1c(Cl)cnc1C(N)C(=O)O. The van der Waals surface area contributed by atoms with Crippen LogP contribution in [0, 0.1) is 0 Å². The van der Waals surface area contributed by atoms with Gasteiger partial charge in [0, 0.05) is 7.05 Å². The minimum Gasteiger partial charge on any atom is -0.480 e. The number of carbonyl (C=O) groups is 1. The lowest BCUT2D eigenvalue weighted by atomic mass is 10.3. The average Bonchev–Trinajstić information content (AvgIpc) is 2.32. The fraction of sp³-hybridized carbons (Fsp3) is 0.333. The smallest absolute Gasteiger partial charge is 0.328 e.